The van der Waals surface area contributed by atoms with Crippen LogP contribution in [0.2, 0.25) is 0 Å². The zero-order valence-electron chi connectivity index (χ0n) is 10.7. The molecular formula is C12H18N6. The summed E-state index contributed by atoms with van der Waals surface area (Å²) in [4.78, 5) is 10.8. The van der Waals surface area contributed by atoms with Crippen molar-refractivity contribution in [2.24, 2.45) is 11.8 Å². The fraction of sp³-hybridized carbons (Fsp3) is 0.583. The van der Waals surface area contributed by atoms with Crippen LogP contribution < -0.4 is 10.6 Å². The maximum absolute atomic E-state index is 5.75. The molecule has 0 bridgehead atoms. The fourth-order valence-corrected chi connectivity index (χ4v) is 2.60. The largest absolute Gasteiger partial charge is 0.368 e. The first kappa shape index (κ1) is 11.3. The van der Waals surface area contributed by atoms with Gasteiger partial charge in [0, 0.05) is 13.1 Å². The van der Waals surface area contributed by atoms with Crippen molar-refractivity contribution < 1.29 is 0 Å². The van der Waals surface area contributed by atoms with Crippen LogP contribution in [0.5, 0.6) is 0 Å². The molecule has 1 saturated heterocycles. The van der Waals surface area contributed by atoms with Gasteiger partial charge in [-0.2, -0.15) is 15.1 Å². The molecule has 1 fully saturated rings. The monoisotopic (exact) mass is 246 g/mol. The van der Waals surface area contributed by atoms with Crippen LogP contribution in [0, 0.1) is 11.8 Å². The number of anilines is 2. The van der Waals surface area contributed by atoms with Crippen LogP contribution >= 0.6 is 0 Å². The van der Waals surface area contributed by atoms with Gasteiger partial charge >= 0.3 is 0 Å². The van der Waals surface area contributed by atoms with E-state index in [1.165, 1.54) is 6.42 Å². The summed E-state index contributed by atoms with van der Waals surface area (Å²) < 4.78 is 0. The van der Waals surface area contributed by atoms with Crippen molar-refractivity contribution in [1.29, 1.82) is 0 Å². The molecule has 2 aromatic rings. The Hall–Kier alpha value is -1.85. The molecule has 3 rings (SSSR count). The van der Waals surface area contributed by atoms with Crippen LogP contribution in [0.25, 0.3) is 11.0 Å². The molecule has 3 heterocycles. The molecule has 96 valence electrons. The summed E-state index contributed by atoms with van der Waals surface area (Å²) in [7, 11) is 0. The lowest BCUT2D eigenvalue weighted by atomic mass is 9.95. The van der Waals surface area contributed by atoms with E-state index in [4.69, 9.17) is 5.73 Å². The zero-order chi connectivity index (χ0) is 12.7. The smallest absolute Gasteiger partial charge is 0.224 e. The molecule has 0 aromatic carbocycles. The molecule has 0 saturated carbocycles. The van der Waals surface area contributed by atoms with Crippen LogP contribution in [0.1, 0.15) is 20.3 Å². The Labute approximate surface area is 106 Å². The molecule has 1 aliphatic rings. The Bertz CT molecular complexity index is 561. The minimum absolute atomic E-state index is 0.301. The van der Waals surface area contributed by atoms with Crippen LogP contribution in [-0.2, 0) is 0 Å². The van der Waals surface area contributed by atoms with Gasteiger partial charge in [-0.25, -0.2) is 0 Å². The number of aromatic nitrogens is 4. The second-order valence-electron chi connectivity index (χ2n) is 5.28. The Morgan fingerprint density at radius 1 is 1.44 bits per heavy atom. The Morgan fingerprint density at radius 3 is 3.00 bits per heavy atom. The summed E-state index contributed by atoms with van der Waals surface area (Å²) in [5, 5.41) is 7.82. The topological polar surface area (TPSA) is 83.7 Å². The summed E-state index contributed by atoms with van der Waals surface area (Å²) in [6, 6.07) is 0. The molecule has 2 aromatic heterocycles. The molecular weight excluding hydrogens is 228 g/mol. The van der Waals surface area contributed by atoms with Gasteiger partial charge in [-0.1, -0.05) is 13.8 Å². The normalized spacial score (nSPS) is 20.2. The number of nitrogens with two attached hydrogens (primary N) is 1. The predicted molar refractivity (Wildman–Crippen MR) is 71.3 cm³/mol. The predicted octanol–water partition coefficient (Wildman–Crippen LogP) is 1.42. The number of aromatic amines is 1. The molecule has 0 spiro atoms. The molecule has 3 N–H and O–H groups in total. The third-order valence-electron chi connectivity index (χ3n) is 3.77. The van der Waals surface area contributed by atoms with Crippen molar-refractivity contribution in [3.05, 3.63) is 6.20 Å². The van der Waals surface area contributed by atoms with E-state index in [9.17, 15) is 0 Å². The molecule has 0 amide bonds. The summed E-state index contributed by atoms with van der Waals surface area (Å²) in [5.74, 6) is 2.64. The number of hydrogen-bond donors (Lipinski definition) is 2. The quantitative estimate of drug-likeness (QED) is 0.837. The maximum Gasteiger partial charge on any atom is 0.224 e. The van der Waals surface area contributed by atoms with Crippen molar-refractivity contribution in [3.8, 4) is 0 Å². The molecule has 0 radical (unpaired) electrons. The van der Waals surface area contributed by atoms with Gasteiger partial charge in [0.25, 0.3) is 0 Å². The Morgan fingerprint density at radius 2 is 2.28 bits per heavy atom. The molecule has 1 unspecified atom stereocenters. The third kappa shape index (κ3) is 1.77. The summed E-state index contributed by atoms with van der Waals surface area (Å²) in [5.41, 5.74) is 6.46. The van der Waals surface area contributed by atoms with Crippen LogP contribution in [-0.4, -0.2) is 33.3 Å². The average Bonchev–Trinajstić information content (AvgIpc) is 2.95. The molecule has 0 aliphatic carbocycles. The van der Waals surface area contributed by atoms with Crippen molar-refractivity contribution in [3.63, 3.8) is 0 Å². The maximum atomic E-state index is 5.75. The summed E-state index contributed by atoms with van der Waals surface area (Å²) in [6.07, 6.45) is 2.98. The number of rotatable bonds is 2. The number of hydrogen-bond acceptors (Lipinski definition) is 5. The van der Waals surface area contributed by atoms with Gasteiger partial charge in [-0.05, 0) is 18.3 Å². The number of nitrogens with zero attached hydrogens (tertiary/aromatic N) is 4. The molecule has 18 heavy (non-hydrogen) atoms. The van der Waals surface area contributed by atoms with Gasteiger partial charge in [-0.15, -0.1) is 0 Å². The highest BCUT2D eigenvalue weighted by Crippen LogP contribution is 2.30. The SMILES string of the molecule is CC(C)C1CCN(c2nc(N)nc3[nH]ncc23)C1. The van der Waals surface area contributed by atoms with E-state index >= 15 is 0 Å². The second kappa shape index (κ2) is 4.12. The Balaban J connectivity index is 1.97. The first-order valence-electron chi connectivity index (χ1n) is 6.36. The van der Waals surface area contributed by atoms with E-state index in [0.29, 0.717) is 17.5 Å². The van der Waals surface area contributed by atoms with Gasteiger partial charge in [0.15, 0.2) is 5.65 Å². The van der Waals surface area contributed by atoms with Crippen molar-refractivity contribution in [2.45, 2.75) is 20.3 Å². The first-order valence-corrected chi connectivity index (χ1v) is 6.36. The first-order chi connectivity index (χ1) is 8.65. The van der Waals surface area contributed by atoms with Crippen molar-refractivity contribution >= 4 is 22.8 Å². The number of H-pyrrole nitrogens is 1. The minimum atomic E-state index is 0.301. The van der Waals surface area contributed by atoms with E-state index < -0.39 is 0 Å². The Kier molecular flexibility index (Phi) is 2.57. The highest BCUT2D eigenvalue weighted by Gasteiger charge is 2.27. The third-order valence-corrected chi connectivity index (χ3v) is 3.77. The summed E-state index contributed by atoms with van der Waals surface area (Å²) >= 11 is 0. The van der Waals surface area contributed by atoms with Crippen LogP contribution in [0.15, 0.2) is 6.20 Å². The van der Waals surface area contributed by atoms with Gasteiger partial charge in [0.1, 0.15) is 5.82 Å². The van der Waals surface area contributed by atoms with Gasteiger partial charge in [0.2, 0.25) is 5.95 Å². The van der Waals surface area contributed by atoms with Crippen LogP contribution in [0.3, 0.4) is 0 Å². The summed E-state index contributed by atoms with van der Waals surface area (Å²) in [6.45, 7) is 6.61. The van der Waals surface area contributed by atoms with Crippen LogP contribution in [0.4, 0.5) is 11.8 Å². The lowest BCUT2D eigenvalue weighted by Crippen LogP contribution is -2.23. The van der Waals surface area contributed by atoms with Crippen molar-refractivity contribution in [1.82, 2.24) is 20.2 Å². The van der Waals surface area contributed by atoms with Crippen molar-refractivity contribution in [2.75, 3.05) is 23.7 Å². The van der Waals surface area contributed by atoms with Gasteiger partial charge in [-0.3, -0.25) is 5.10 Å². The van der Waals surface area contributed by atoms with E-state index in [0.717, 1.165) is 30.2 Å². The minimum Gasteiger partial charge on any atom is -0.368 e. The zero-order valence-corrected chi connectivity index (χ0v) is 10.7. The van der Waals surface area contributed by atoms with E-state index in [1.807, 2.05) is 0 Å². The highest BCUT2D eigenvalue weighted by molar-refractivity contribution is 5.87. The molecule has 6 heteroatoms. The molecule has 1 atom stereocenters. The average molecular weight is 246 g/mol. The van der Waals surface area contributed by atoms with E-state index in [-0.39, 0.29) is 0 Å². The van der Waals surface area contributed by atoms with E-state index in [1.54, 1.807) is 6.20 Å². The lowest BCUT2D eigenvalue weighted by molar-refractivity contribution is 0.422. The molecule has 6 nitrogen and oxygen atoms in total. The number of nitrogens with one attached hydrogen (secondary N) is 1. The van der Waals surface area contributed by atoms with Gasteiger partial charge < -0.3 is 10.6 Å². The van der Waals surface area contributed by atoms with Gasteiger partial charge in [0.05, 0.1) is 11.6 Å². The second-order valence-corrected chi connectivity index (χ2v) is 5.28. The lowest BCUT2D eigenvalue weighted by Gasteiger charge is -2.19. The standard InChI is InChI=1S/C12H18N6/c1-7(2)8-3-4-18(6-8)11-9-5-14-17-10(9)15-12(13)16-11/h5,7-8H,3-4,6H2,1-2H3,(H3,13,14,15,16,17). The number of fused-ring (bicyclic) bond motifs is 1. The number of nitrogen functional groups attached to an aromatic ring is 1. The fourth-order valence-electron chi connectivity index (χ4n) is 2.60. The highest BCUT2D eigenvalue weighted by atomic mass is 15.3. The van der Waals surface area contributed by atoms with E-state index in [2.05, 4.69) is 38.9 Å². The molecule has 1 aliphatic heterocycles.